The predicted molar refractivity (Wildman–Crippen MR) is 55.2 cm³/mol. The fourth-order valence-electron chi connectivity index (χ4n) is 1.25. The molecule has 1 heterocycles. The molecule has 1 amide bonds. The number of nitrogens with zero attached hydrogens (tertiary/aromatic N) is 1. The summed E-state index contributed by atoms with van der Waals surface area (Å²) in [6, 6.07) is 9.26. The highest BCUT2D eigenvalue weighted by Gasteiger charge is 2.09. The molecule has 76 valence electrons. The third-order valence-corrected chi connectivity index (χ3v) is 2.10. The molecule has 2 rings (SSSR count). The third-order valence-electron chi connectivity index (χ3n) is 2.10. The van der Waals surface area contributed by atoms with E-state index in [1.54, 1.807) is 0 Å². The summed E-state index contributed by atoms with van der Waals surface area (Å²) in [5, 5.41) is 3.56. The van der Waals surface area contributed by atoms with Crippen LogP contribution in [0.3, 0.4) is 0 Å². The van der Waals surface area contributed by atoms with Crippen LogP contribution in [0.15, 0.2) is 34.9 Å². The van der Waals surface area contributed by atoms with Crippen molar-refractivity contribution in [1.82, 2.24) is 5.16 Å². The van der Waals surface area contributed by atoms with Gasteiger partial charge in [-0.15, -0.1) is 0 Å². The SMILES string of the molecule is Cc1ccc(-c2cc(C(N)=O)no2)cc1. The van der Waals surface area contributed by atoms with Gasteiger partial charge in [0.15, 0.2) is 11.5 Å². The molecular formula is C11H10N2O2. The van der Waals surface area contributed by atoms with E-state index in [9.17, 15) is 4.79 Å². The topological polar surface area (TPSA) is 69.1 Å². The molecule has 4 nitrogen and oxygen atoms in total. The van der Waals surface area contributed by atoms with E-state index in [0.29, 0.717) is 5.76 Å². The Morgan fingerprint density at radius 3 is 2.53 bits per heavy atom. The minimum atomic E-state index is -0.586. The second kappa shape index (κ2) is 3.57. The highest BCUT2D eigenvalue weighted by atomic mass is 16.5. The summed E-state index contributed by atoms with van der Waals surface area (Å²) >= 11 is 0. The van der Waals surface area contributed by atoms with Crippen molar-refractivity contribution in [3.05, 3.63) is 41.6 Å². The van der Waals surface area contributed by atoms with Gasteiger partial charge < -0.3 is 10.3 Å². The van der Waals surface area contributed by atoms with Crippen molar-refractivity contribution in [2.75, 3.05) is 0 Å². The fourth-order valence-corrected chi connectivity index (χ4v) is 1.25. The molecule has 0 saturated carbocycles. The number of aryl methyl sites for hydroxylation is 1. The minimum Gasteiger partial charge on any atom is -0.364 e. The zero-order valence-corrected chi connectivity index (χ0v) is 8.23. The Labute approximate surface area is 86.7 Å². The van der Waals surface area contributed by atoms with Gasteiger partial charge in [-0.2, -0.15) is 0 Å². The van der Waals surface area contributed by atoms with Crippen molar-refractivity contribution in [1.29, 1.82) is 0 Å². The summed E-state index contributed by atoms with van der Waals surface area (Å²) in [5.74, 6) is -0.0408. The lowest BCUT2D eigenvalue weighted by atomic mass is 10.1. The molecule has 2 N–H and O–H groups in total. The normalized spacial score (nSPS) is 10.2. The first-order chi connectivity index (χ1) is 7.16. The molecule has 4 heteroatoms. The number of nitrogens with two attached hydrogens (primary N) is 1. The molecule has 0 aliphatic carbocycles. The van der Waals surface area contributed by atoms with Gasteiger partial charge in [0.2, 0.25) is 0 Å². The Morgan fingerprint density at radius 2 is 2.00 bits per heavy atom. The number of primary amides is 1. The van der Waals surface area contributed by atoms with Crippen molar-refractivity contribution in [3.63, 3.8) is 0 Å². The van der Waals surface area contributed by atoms with E-state index in [4.69, 9.17) is 10.3 Å². The van der Waals surface area contributed by atoms with Crippen molar-refractivity contribution in [3.8, 4) is 11.3 Å². The summed E-state index contributed by atoms with van der Waals surface area (Å²) in [5.41, 5.74) is 7.25. The second-order valence-electron chi connectivity index (χ2n) is 3.31. The van der Waals surface area contributed by atoms with Crippen LogP contribution < -0.4 is 5.73 Å². The Bertz CT molecular complexity index is 486. The largest absolute Gasteiger partial charge is 0.364 e. The van der Waals surface area contributed by atoms with Crippen LogP contribution in [-0.2, 0) is 0 Å². The average molecular weight is 202 g/mol. The smallest absolute Gasteiger partial charge is 0.270 e. The molecule has 0 spiro atoms. The Kier molecular flexibility index (Phi) is 2.25. The lowest BCUT2D eigenvalue weighted by Crippen LogP contribution is -2.10. The molecule has 1 aromatic carbocycles. The number of amides is 1. The van der Waals surface area contributed by atoms with Crippen molar-refractivity contribution < 1.29 is 9.32 Å². The van der Waals surface area contributed by atoms with Crippen LogP contribution >= 0.6 is 0 Å². The van der Waals surface area contributed by atoms with Crippen LogP contribution in [0.4, 0.5) is 0 Å². The number of benzene rings is 1. The highest BCUT2D eigenvalue weighted by molar-refractivity contribution is 5.91. The molecule has 0 aliphatic rings. The van der Waals surface area contributed by atoms with Crippen LogP contribution in [0.2, 0.25) is 0 Å². The molecule has 0 fully saturated rings. The number of hydrogen-bond donors (Lipinski definition) is 1. The lowest BCUT2D eigenvalue weighted by Gasteiger charge is -1.94. The third kappa shape index (κ3) is 1.88. The molecule has 0 unspecified atom stereocenters. The van der Waals surface area contributed by atoms with E-state index >= 15 is 0 Å². The van der Waals surface area contributed by atoms with E-state index in [0.717, 1.165) is 11.1 Å². The summed E-state index contributed by atoms with van der Waals surface area (Å²) < 4.78 is 5.00. The fraction of sp³-hybridized carbons (Fsp3) is 0.0909. The van der Waals surface area contributed by atoms with Gasteiger partial charge in [0, 0.05) is 11.6 Å². The van der Waals surface area contributed by atoms with E-state index < -0.39 is 5.91 Å². The minimum absolute atomic E-state index is 0.144. The quantitative estimate of drug-likeness (QED) is 0.806. The molecule has 15 heavy (non-hydrogen) atoms. The summed E-state index contributed by atoms with van der Waals surface area (Å²) in [6.07, 6.45) is 0. The maximum atomic E-state index is 10.8. The van der Waals surface area contributed by atoms with E-state index in [1.807, 2.05) is 31.2 Å². The summed E-state index contributed by atoms with van der Waals surface area (Å²) in [7, 11) is 0. The van der Waals surface area contributed by atoms with Crippen LogP contribution in [0, 0.1) is 6.92 Å². The average Bonchev–Trinajstić information content (AvgIpc) is 2.68. The molecule has 0 saturated heterocycles. The zero-order chi connectivity index (χ0) is 10.8. The number of hydrogen-bond acceptors (Lipinski definition) is 3. The van der Waals surface area contributed by atoms with Gasteiger partial charge in [-0.25, -0.2) is 0 Å². The van der Waals surface area contributed by atoms with Crippen LogP contribution in [0.5, 0.6) is 0 Å². The van der Waals surface area contributed by atoms with Gasteiger partial charge in [0.05, 0.1) is 0 Å². The number of aromatic nitrogens is 1. The van der Waals surface area contributed by atoms with Gasteiger partial charge in [-0.3, -0.25) is 4.79 Å². The maximum Gasteiger partial charge on any atom is 0.270 e. The van der Waals surface area contributed by atoms with E-state index in [1.165, 1.54) is 6.07 Å². The molecular weight excluding hydrogens is 192 g/mol. The Hall–Kier alpha value is -2.10. The van der Waals surface area contributed by atoms with E-state index in [2.05, 4.69) is 5.16 Å². The highest BCUT2D eigenvalue weighted by Crippen LogP contribution is 2.20. The van der Waals surface area contributed by atoms with Crippen LogP contribution in [-0.4, -0.2) is 11.1 Å². The second-order valence-corrected chi connectivity index (χ2v) is 3.31. The standard InChI is InChI=1S/C11H10N2O2/c1-7-2-4-8(5-3-7)10-6-9(11(12)14)13-15-10/h2-6H,1H3,(H2,12,14). The van der Waals surface area contributed by atoms with Gasteiger partial charge in [0.1, 0.15) is 0 Å². The van der Waals surface area contributed by atoms with Gasteiger partial charge in [-0.05, 0) is 6.92 Å². The summed E-state index contributed by atoms with van der Waals surface area (Å²) in [6.45, 7) is 2.00. The van der Waals surface area contributed by atoms with Gasteiger partial charge in [-0.1, -0.05) is 35.0 Å². The zero-order valence-electron chi connectivity index (χ0n) is 8.23. The Balaban J connectivity index is 2.37. The van der Waals surface area contributed by atoms with Crippen LogP contribution in [0.1, 0.15) is 16.1 Å². The molecule has 2 aromatic rings. The number of carbonyl (C=O) groups is 1. The Morgan fingerprint density at radius 1 is 1.33 bits per heavy atom. The first-order valence-electron chi connectivity index (χ1n) is 4.50. The first kappa shape index (κ1) is 9.45. The van der Waals surface area contributed by atoms with Crippen molar-refractivity contribution >= 4 is 5.91 Å². The molecule has 0 bridgehead atoms. The molecule has 0 radical (unpaired) electrons. The van der Waals surface area contributed by atoms with Crippen LogP contribution in [0.25, 0.3) is 11.3 Å². The lowest BCUT2D eigenvalue weighted by molar-refractivity contribution is 0.0992. The van der Waals surface area contributed by atoms with Gasteiger partial charge >= 0.3 is 0 Å². The van der Waals surface area contributed by atoms with Crippen molar-refractivity contribution in [2.45, 2.75) is 6.92 Å². The molecule has 0 atom stereocenters. The maximum absolute atomic E-state index is 10.8. The van der Waals surface area contributed by atoms with Crippen molar-refractivity contribution in [2.24, 2.45) is 5.73 Å². The predicted octanol–water partition coefficient (Wildman–Crippen LogP) is 1.75. The molecule has 0 aliphatic heterocycles. The first-order valence-corrected chi connectivity index (χ1v) is 4.50. The molecule has 1 aromatic heterocycles. The van der Waals surface area contributed by atoms with E-state index in [-0.39, 0.29) is 5.69 Å². The number of carbonyl (C=O) groups excluding carboxylic acids is 1. The number of rotatable bonds is 2. The monoisotopic (exact) mass is 202 g/mol. The summed E-state index contributed by atoms with van der Waals surface area (Å²) in [4.78, 5) is 10.8. The van der Waals surface area contributed by atoms with Gasteiger partial charge in [0.25, 0.3) is 5.91 Å².